The summed E-state index contributed by atoms with van der Waals surface area (Å²) in [6, 6.07) is 0. The Morgan fingerprint density at radius 2 is 2.22 bits per heavy atom. The summed E-state index contributed by atoms with van der Waals surface area (Å²) in [6.07, 6.45) is -0.0120. The smallest absolute Gasteiger partial charge is 0.0906 e. The Labute approximate surface area is 53.8 Å². The van der Waals surface area contributed by atoms with Crippen LogP contribution in [0, 0.1) is 5.41 Å². The van der Waals surface area contributed by atoms with E-state index >= 15 is 0 Å². The van der Waals surface area contributed by atoms with Crippen LogP contribution in [-0.2, 0) is 0 Å². The van der Waals surface area contributed by atoms with E-state index in [4.69, 9.17) is 21.4 Å². The number of nitrogens with one attached hydrogen (secondary N) is 1. The molecule has 4 nitrogen and oxygen atoms in total. The molecule has 0 saturated heterocycles. The highest BCUT2D eigenvalue weighted by molar-refractivity contribution is 5.76. The van der Waals surface area contributed by atoms with Crippen molar-refractivity contribution in [2.45, 2.75) is 18.9 Å². The van der Waals surface area contributed by atoms with Crippen LogP contribution in [0.25, 0.3) is 0 Å². The molecule has 0 aromatic rings. The average molecular weight is 132 g/mol. The highest BCUT2D eigenvalue weighted by atomic mass is 16.3. The molecule has 0 aromatic carbocycles. The van der Waals surface area contributed by atoms with Crippen LogP contribution < -0.4 is 5.73 Å². The fourth-order valence-corrected chi connectivity index (χ4v) is 0.413. The van der Waals surface area contributed by atoms with Crippen LogP contribution in [0.3, 0.4) is 0 Å². The van der Waals surface area contributed by atoms with Gasteiger partial charge in [0.15, 0.2) is 0 Å². The highest BCUT2D eigenvalue weighted by Crippen LogP contribution is 1.93. The molecule has 0 radical (unpaired) electrons. The monoisotopic (exact) mass is 132 g/mol. The predicted octanol–water partition coefficient (Wildman–Crippen LogP) is -0.944. The fraction of sp³-hybridized carbons (Fsp3) is 0.800. The van der Waals surface area contributed by atoms with Crippen molar-refractivity contribution in [1.82, 2.24) is 0 Å². The van der Waals surface area contributed by atoms with E-state index in [1.54, 1.807) is 0 Å². The van der Waals surface area contributed by atoms with Gasteiger partial charge in [0.2, 0.25) is 0 Å². The molecule has 0 aliphatic carbocycles. The molecule has 0 fully saturated rings. The molecule has 0 aliphatic heterocycles. The molecule has 0 unspecified atom stereocenters. The van der Waals surface area contributed by atoms with Crippen LogP contribution in [0.2, 0.25) is 0 Å². The Kier molecular flexibility index (Phi) is 4.00. The standard InChI is InChI=1S/C5H12N2O2/c6-5(7)2-1-4(9)3-8/h4,8-9H,1-3H2,(H3,6,7)/t4-/m1/s1. The number of amidine groups is 1. The molecular weight excluding hydrogens is 120 g/mol. The summed E-state index contributed by atoms with van der Waals surface area (Å²) in [6.45, 7) is -0.257. The lowest BCUT2D eigenvalue weighted by Gasteiger charge is -2.03. The van der Waals surface area contributed by atoms with E-state index in [0.29, 0.717) is 12.8 Å². The Balaban J connectivity index is 3.16. The number of rotatable bonds is 4. The van der Waals surface area contributed by atoms with Crippen molar-refractivity contribution in [2.75, 3.05) is 6.61 Å². The van der Waals surface area contributed by atoms with E-state index in [2.05, 4.69) is 0 Å². The van der Waals surface area contributed by atoms with Gasteiger partial charge in [-0.25, -0.2) is 0 Å². The van der Waals surface area contributed by atoms with Crippen LogP contribution >= 0.6 is 0 Å². The molecular formula is C5H12N2O2. The average Bonchev–Trinajstić information content (AvgIpc) is 1.83. The Morgan fingerprint density at radius 1 is 1.67 bits per heavy atom. The van der Waals surface area contributed by atoms with Gasteiger partial charge in [0.25, 0.3) is 0 Å². The van der Waals surface area contributed by atoms with Crippen molar-refractivity contribution in [1.29, 1.82) is 5.41 Å². The number of hydrogen-bond acceptors (Lipinski definition) is 3. The third-order valence-corrected chi connectivity index (χ3v) is 0.958. The molecule has 5 N–H and O–H groups in total. The number of hydrogen-bond donors (Lipinski definition) is 4. The van der Waals surface area contributed by atoms with Crippen molar-refractivity contribution >= 4 is 5.84 Å². The minimum Gasteiger partial charge on any atom is -0.394 e. The van der Waals surface area contributed by atoms with Gasteiger partial charge in [-0.1, -0.05) is 0 Å². The Bertz CT molecular complexity index is 95.0. The summed E-state index contributed by atoms with van der Waals surface area (Å²) in [5, 5.41) is 23.7. The van der Waals surface area contributed by atoms with Crippen molar-refractivity contribution in [2.24, 2.45) is 5.73 Å². The lowest BCUT2D eigenvalue weighted by atomic mass is 10.2. The highest BCUT2D eigenvalue weighted by Gasteiger charge is 2.00. The second kappa shape index (κ2) is 4.29. The van der Waals surface area contributed by atoms with Gasteiger partial charge < -0.3 is 15.9 Å². The molecule has 0 aliphatic rings. The maximum Gasteiger partial charge on any atom is 0.0906 e. The maximum absolute atomic E-state index is 8.70. The summed E-state index contributed by atoms with van der Waals surface area (Å²) < 4.78 is 0. The zero-order chi connectivity index (χ0) is 7.28. The summed E-state index contributed by atoms with van der Waals surface area (Å²) >= 11 is 0. The zero-order valence-corrected chi connectivity index (χ0v) is 5.17. The van der Waals surface area contributed by atoms with Crippen molar-refractivity contribution in [3.8, 4) is 0 Å². The van der Waals surface area contributed by atoms with E-state index in [9.17, 15) is 0 Å². The van der Waals surface area contributed by atoms with Gasteiger partial charge in [-0.3, -0.25) is 5.41 Å². The normalized spacial score (nSPS) is 13.1. The van der Waals surface area contributed by atoms with Crippen molar-refractivity contribution in [3.63, 3.8) is 0 Å². The summed E-state index contributed by atoms with van der Waals surface area (Å²) in [4.78, 5) is 0. The number of nitrogens with two attached hydrogens (primary N) is 1. The van der Waals surface area contributed by atoms with Crippen LogP contribution in [0.4, 0.5) is 0 Å². The first kappa shape index (κ1) is 8.39. The molecule has 0 rings (SSSR count). The van der Waals surface area contributed by atoms with Gasteiger partial charge in [-0.2, -0.15) is 0 Å². The molecule has 0 aromatic heterocycles. The van der Waals surface area contributed by atoms with Crippen LogP contribution in [-0.4, -0.2) is 28.8 Å². The quantitative estimate of drug-likeness (QED) is 0.294. The van der Waals surface area contributed by atoms with E-state index in [-0.39, 0.29) is 12.4 Å². The van der Waals surface area contributed by atoms with E-state index in [1.807, 2.05) is 0 Å². The summed E-state index contributed by atoms with van der Waals surface area (Å²) in [5.41, 5.74) is 4.99. The lowest BCUT2D eigenvalue weighted by molar-refractivity contribution is 0.0899. The second-order valence-electron chi connectivity index (χ2n) is 1.90. The molecule has 54 valence electrons. The first-order valence-electron chi connectivity index (χ1n) is 2.78. The zero-order valence-electron chi connectivity index (χ0n) is 5.17. The number of aliphatic hydroxyl groups is 2. The molecule has 0 bridgehead atoms. The van der Waals surface area contributed by atoms with Gasteiger partial charge in [0.05, 0.1) is 18.5 Å². The first-order chi connectivity index (χ1) is 4.16. The minimum absolute atomic E-state index is 0.0440. The summed E-state index contributed by atoms with van der Waals surface area (Å²) in [5.74, 6) is 0.0440. The third kappa shape index (κ3) is 5.26. The summed E-state index contributed by atoms with van der Waals surface area (Å²) in [7, 11) is 0. The molecule has 0 heterocycles. The molecule has 0 spiro atoms. The Morgan fingerprint density at radius 3 is 2.56 bits per heavy atom. The Hall–Kier alpha value is -0.610. The van der Waals surface area contributed by atoms with Crippen molar-refractivity contribution in [3.05, 3.63) is 0 Å². The molecule has 4 heteroatoms. The minimum atomic E-state index is -0.728. The molecule has 9 heavy (non-hydrogen) atoms. The molecule has 1 atom stereocenters. The second-order valence-corrected chi connectivity index (χ2v) is 1.90. The van der Waals surface area contributed by atoms with Crippen molar-refractivity contribution < 1.29 is 10.2 Å². The van der Waals surface area contributed by atoms with E-state index in [1.165, 1.54) is 0 Å². The van der Waals surface area contributed by atoms with Crippen LogP contribution in [0.1, 0.15) is 12.8 Å². The predicted molar refractivity (Wildman–Crippen MR) is 34.2 cm³/mol. The fourth-order valence-electron chi connectivity index (χ4n) is 0.413. The van der Waals surface area contributed by atoms with Gasteiger partial charge >= 0.3 is 0 Å². The molecule has 0 saturated carbocycles. The largest absolute Gasteiger partial charge is 0.394 e. The van der Waals surface area contributed by atoms with Gasteiger partial charge in [0, 0.05) is 6.42 Å². The lowest BCUT2D eigenvalue weighted by Crippen LogP contribution is -2.17. The molecule has 0 amide bonds. The van der Waals surface area contributed by atoms with E-state index in [0.717, 1.165) is 0 Å². The SMILES string of the molecule is N=C(N)CC[C@@H](O)CO. The maximum atomic E-state index is 8.70. The van der Waals surface area contributed by atoms with Gasteiger partial charge in [-0.05, 0) is 6.42 Å². The third-order valence-electron chi connectivity index (χ3n) is 0.958. The topological polar surface area (TPSA) is 90.3 Å². The van der Waals surface area contributed by atoms with Crippen LogP contribution in [0.5, 0.6) is 0 Å². The van der Waals surface area contributed by atoms with Crippen LogP contribution in [0.15, 0.2) is 0 Å². The number of aliphatic hydroxyl groups excluding tert-OH is 2. The van der Waals surface area contributed by atoms with Gasteiger partial charge in [-0.15, -0.1) is 0 Å². The van der Waals surface area contributed by atoms with E-state index < -0.39 is 6.10 Å². The first-order valence-corrected chi connectivity index (χ1v) is 2.78. The van der Waals surface area contributed by atoms with Gasteiger partial charge in [0.1, 0.15) is 0 Å².